The number of carbonyl (C=O) groups excluding carboxylic acids is 2. The lowest BCUT2D eigenvalue weighted by atomic mass is 10.1. The van der Waals surface area contributed by atoms with Crippen LogP contribution in [0.15, 0.2) is 88.8 Å². The van der Waals surface area contributed by atoms with Crippen LogP contribution in [-0.2, 0) is 21.8 Å². The summed E-state index contributed by atoms with van der Waals surface area (Å²) in [4.78, 5) is 37.0. The van der Waals surface area contributed by atoms with Gasteiger partial charge in [0.25, 0.3) is 5.91 Å². The molecule has 2 aliphatic heterocycles. The van der Waals surface area contributed by atoms with Crippen LogP contribution in [0.3, 0.4) is 0 Å². The van der Waals surface area contributed by atoms with E-state index >= 15 is 0 Å². The molecule has 3 aromatic carbocycles. The first-order valence-corrected chi connectivity index (χ1v) is 13.2. The number of thioether (sulfide) groups is 1. The molecule has 5 rings (SSSR count). The number of nitrogens with zero attached hydrogens (tertiary/aromatic N) is 3. The minimum atomic E-state index is -0.608. The maximum Gasteiger partial charge on any atom is 0.259 e. The van der Waals surface area contributed by atoms with Gasteiger partial charge in [-0.2, -0.15) is 0 Å². The average Bonchev–Trinajstić information content (AvgIpc) is 3.23. The third-order valence-electron chi connectivity index (χ3n) is 6.03. The van der Waals surface area contributed by atoms with Crippen molar-refractivity contribution in [2.75, 3.05) is 6.54 Å². The number of amides is 2. The highest BCUT2D eigenvalue weighted by Gasteiger charge is 2.41. The summed E-state index contributed by atoms with van der Waals surface area (Å²) in [6.07, 6.45) is 1.36. The van der Waals surface area contributed by atoms with Crippen LogP contribution < -0.4 is 5.32 Å². The zero-order valence-corrected chi connectivity index (χ0v) is 21.1. The molecule has 8 heteroatoms. The van der Waals surface area contributed by atoms with Gasteiger partial charge < -0.3 is 5.32 Å². The molecule has 0 spiro atoms. The first-order valence-electron chi connectivity index (χ1n) is 11.9. The van der Waals surface area contributed by atoms with Crippen molar-refractivity contribution in [3.05, 3.63) is 101 Å². The van der Waals surface area contributed by atoms with Gasteiger partial charge in [0.2, 0.25) is 5.91 Å². The Morgan fingerprint density at radius 1 is 1.00 bits per heavy atom. The van der Waals surface area contributed by atoms with Crippen molar-refractivity contribution >= 4 is 51.9 Å². The van der Waals surface area contributed by atoms with Gasteiger partial charge in [-0.05, 0) is 48.2 Å². The molecule has 0 saturated heterocycles. The van der Waals surface area contributed by atoms with E-state index in [1.807, 2.05) is 78.9 Å². The summed E-state index contributed by atoms with van der Waals surface area (Å²) in [6, 6.07) is 24.7. The van der Waals surface area contributed by atoms with E-state index in [1.54, 1.807) is 4.90 Å². The van der Waals surface area contributed by atoms with Crippen LogP contribution >= 0.6 is 23.4 Å². The van der Waals surface area contributed by atoms with E-state index in [-0.39, 0.29) is 18.2 Å². The molecule has 3 aromatic rings. The number of benzene rings is 3. The van der Waals surface area contributed by atoms with Crippen LogP contribution in [0.1, 0.15) is 29.5 Å². The number of fused-ring (bicyclic) bond motifs is 3. The maximum atomic E-state index is 13.4. The molecule has 182 valence electrons. The lowest BCUT2D eigenvalue weighted by Crippen LogP contribution is -2.41. The zero-order chi connectivity index (χ0) is 24.9. The van der Waals surface area contributed by atoms with Crippen LogP contribution in [0.4, 0.5) is 5.69 Å². The molecule has 2 aliphatic rings. The van der Waals surface area contributed by atoms with Crippen LogP contribution in [-0.4, -0.2) is 40.3 Å². The Balaban J connectivity index is 1.24. The first-order chi connectivity index (χ1) is 17.6. The predicted octanol–water partition coefficient (Wildman–Crippen LogP) is 5.37. The molecule has 0 fully saturated rings. The molecule has 0 radical (unpaired) electrons. The number of hydrogen-bond acceptors (Lipinski definition) is 5. The van der Waals surface area contributed by atoms with Crippen molar-refractivity contribution in [3.8, 4) is 0 Å². The molecule has 6 nitrogen and oxygen atoms in total. The summed E-state index contributed by atoms with van der Waals surface area (Å²) in [5, 5.41) is 4.21. The fraction of sp³-hybridized carbons (Fsp3) is 0.214. The highest BCUT2D eigenvalue weighted by Crippen LogP contribution is 2.35. The first kappa shape index (κ1) is 24.3. The van der Waals surface area contributed by atoms with Gasteiger partial charge in [-0.3, -0.25) is 14.6 Å². The van der Waals surface area contributed by atoms with E-state index in [9.17, 15) is 9.59 Å². The predicted molar refractivity (Wildman–Crippen MR) is 146 cm³/mol. The van der Waals surface area contributed by atoms with Gasteiger partial charge in [-0.1, -0.05) is 78.0 Å². The van der Waals surface area contributed by atoms with Gasteiger partial charge in [0.15, 0.2) is 5.17 Å². The normalized spacial score (nSPS) is 16.2. The summed E-state index contributed by atoms with van der Waals surface area (Å²) in [5.41, 5.74) is 3.83. The topological polar surface area (TPSA) is 74.1 Å². The second-order valence-electron chi connectivity index (χ2n) is 8.60. The van der Waals surface area contributed by atoms with Gasteiger partial charge in [0, 0.05) is 29.3 Å². The molecule has 0 unspecified atom stereocenters. The van der Waals surface area contributed by atoms with Gasteiger partial charge in [0.1, 0.15) is 11.9 Å². The summed E-state index contributed by atoms with van der Waals surface area (Å²) >= 11 is 7.61. The van der Waals surface area contributed by atoms with Gasteiger partial charge in [-0.15, -0.1) is 0 Å². The number of nitrogens with one attached hydrogen (secondary N) is 1. The number of carbonyl (C=O) groups is 2. The minimum Gasteiger partial charge on any atom is -0.356 e. The van der Waals surface area contributed by atoms with E-state index in [1.165, 1.54) is 17.3 Å². The van der Waals surface area contributed by atoms with E-state index in [2.05, 4.69) is 5.32 Å². The molecule has 2 heterocycles. The molecule has 0 aliphatic carbocycles. The van der Waals surface area contributed by atoms with Gasteiger partial charge in [-0.25, -0.2) is 9.89 Å². The van der Waals surface area contributed by atoms with Gasteiger partial charge in [0.05, 0.1) is 5.69 Å². The highest BCUT2D eigenvalue weighted by molar-refractivity contribution is 8.13. The fourth-order valence-corrected chi connectivity index (χ4v) is 5.37. The standard InChI is InChI=1S/C28H25ClN4O2S/c29-21-10-6-9-20(17-21)18-36-28-32-23-12-5-4-11-22(23)26-31-24(27(35)33(26)28)13-14-25(34)30-16-15-19-7-2-1-3-8-19/h1-12,17,24H,13-16,18H2,(H,30,34)/t24-/m0/s1. The molecule has 1 N–H and O–H groups in total. The Bertz CT molecular complexity index is 1340. The van der Waals surface area contributed by atoms with Crippen molar-refractivity contribution in [2.45, 2.75) is 31.1 Å². The monoisotopic (exact) mass is 516 g/mol. The summed E-state index contributed by atoms with van der Waals surface area (Å²) in [7, 11) is 0. The zero-order valence-electron chi connectivity index (χ0n) is 19.6. The molecular weight excluding hydrogens is 492 g/mol. The molecule has 2 amide bonds. The molecule has 0 aromatic heterocycles. The average molecular weight is 517 g/mol. The van der Waals surface area contributed by atoms with Crippen LogP contribution in [0, 0.1) is 0 Å². The lowest BCUT2D eigenvalue weighted by molar-refractivity contribution is -0.125. The number of rotatable bonds is 8. The second kappa shape index (κ2) is 11.1. The maximum absolute atomic E-state index is 13.4. The Labute approximate surface area is 219 Å². The smallest absolute Gasteiger partial charge is 0.259 e. The van der Waals surface area contributed by atoms with Crippen molar-refractivity contribution in [3.63, 3.8) is 0 Å². The number of para-hydroxylation sites is 1. The molecule has 1 atom stereocenters. The summed E-state index contributed by atoms with van der Waals surface area (Å²) in [5.74, 6) is 1.00. The molecule has 0 bridgehead atoms. The lowest BCUT2D eigenvalue weighted by Gasteiger charge is -2.25. The minimum absolute atomic E-state index is 0.0755. The Morgan fingerprint density at radius 3 is 2.61 bits per heavy atom. The van der Waals surface area contributed by atoms with E-state index in [0.717, 1.165) is 23.2 Å². The van der Waals surface area contributed by atoms with Crippen molar-refractivity contribution in [1.29, 1.82) is 0 Å². The molecule has 36 heavy (non-hydrogen) atoms. The molecular formula is C28H25ClN4O2S. The Hall–Kier alpha value is -3.42. The van der Waals surface area contributed by atoms with Gasteiger partial charge >= 0.3 is 0 Å². The van der Waals surface area contributed by atoms with Crippen molar-refractivity contribution in [2.24, 2.45) is 9.98 Å². The van der Waals surface area contributed by atoms with Crippen LogP contribution in [0.5, 0.6) is 0 Å². The SMILES string of the molecule is O=C(CC[C@@H]1N=C2c3ccccc3N=C(SCc3cccc(Cl)c3)N2C1=O)NCCc1ccccc1. The third-order valence-corrected chi connectivity index (χ3v) is 7.27. The van der Waals surface area contributed by atoms with Crippen molar-refractivity contribution < 1.29 is 9.59 Å². The third kappa shape index (κ3) is 5.53. The van der Waals surface area contributed by atoms with Crippen LogP contribution in [0.25, 0.3) is 0 Å². The summed E-state index contributed by atoms with van der Waals surface area (Å²) in [6.45, 7) is 0.562. The highest BCUT2D eigenvalue weighted by atomic mass is 35.5. The van der Waals surface area contributed by atoms with E-state index in [4.69, 9.17) is 21.6 Å². The second-order valence-corrected chi connectivity index (χ2v) is 9.98. The van der Waals surface area contributed by atoms with E-state index < -0.39 is 6.04 Å². The summed E-state index contributed by atoms with van der Waals surface area (Å²) < 4.78 is 0. The number of halogens is 1. The largest absolute Gasteiger partial charge is 0.356 e. The number of aliphatic imine (C=N–C) groups is 2. The Kier molecular flexibility index (Phi) is 7.49. The quantitative estimate of drug-likeness (QED) is 0.437. The van der Waals surface area contributed by atoms with Crippen molar-refractivity contribution in [1.82, 2.24) is 10.2 Å². The number of hydrogen-bond donors (Lipinski definition) is 1. The number of amidine groups is 2. The van der Waals surface area contributed by atoms with E-state index in [0.29, 0.717) is 34.7 Å². The molecule has 0 saturated carbocycles. The fourth-order valence-electron chi connectivity index (χ4n) is 4.21. The van der Waals surface area contributed by atoms with Crippen LogP contribution in [0.2, 0.25) is 5.02 Å². The Morgan fingerprint density at radius 2 is 1.78 bits per heavy atom.